The van der Waals surface area contributed by atoms with Crippen molar-refractivity contribution in [2.75, 3.05) is 6.54 Å². The molecule has 0 radical (unpaired) electrons. The SMILES string of the molecule is Cl.NCC[C@@H]1C[C@H]2CC[C@@H]1C2. The van der Waals surface area contributed by atoms with Crippen molar-refractivity contribution in [2.24, 2.45) is 23.5 Å². The predicted octanol–water partition coefficient (Wildman–Crippen LogP) is 2.19. The van der Waals surface area contributed by atoms with Crippen LogP contribution in [-0.4, -0.2) is 6.54 Å². The molecule has 66 valence electrons. The predicted molar refractivity (Wildman–Crippen MR) is 49.9 cm³/mol. The lowest BCUT2D eigenvalue weighted by atomic mass is 9.86. The molecule has 2 bridgehead atoms. The summed E-state index contributed by atoms with van der Waals surface area (Å²) in [6.07, 6.45) is 7.36. The Hall–Kier alpha value is 0.250. The van der Waals surface area contributed by atoms with Gasteiger partial charge in [-0.2, -0.15) is 0 Å². The summed E-state index contributed by atoms with van der Waals surface area (Å²) >= 11 is 0. The first-order valence-corrected chi connectivity index (χ1v) is 4.60. The van der Waals surface area contributed by atoms with Crippen LogP contribution in [0.2, 0.25) is 0 Å². The lowest BCUT2D eigenvalue weighted by Gasteiger charge is -2.20. The standard InChI is InChI=1S/C9H17N.ClH/c10-4-3-9-6-7-1-2-8(9)5-7;/h7-9H,1-6,10H2;1H/t7-,8+,9+;/m0./s1. The van der Waals surface area contributed by atoms with Crippen molar-refractivity contribution in [3.05, 3.63) is 0 Å². The summed E-state index contributed by atoms with van der Waals surface area (Å²) in [6, 6.07) is 0. The second kappa shape index (κ2) is 3.77. The van der Waals surface area contributed by atoms with Gasteiger partial charge in [-0.25, -0.2) is 0 Å². The third-order valence-corrected chi connectivity index (χ3v) is 3.42. The van der Waals surface area contributed by atoms with Crippen LogP contribution in [0.4, 0.5) is 0 Å². The molecule has 2 aliphatic carbocycles. The zero-order valence-corrected chi connectivity index (χ0v) is 7.78. The molecule has 2 N–H and O–H groups in total. The van der Waals surface area contributed by atoms with E-state index in [1.54, 1.807) is 0 Å². The number of hydrogen-bond donors (Lipinski definition) is 1. The van der Waals surface area contributed by atoms with E-state index in [1.807, 2.05) is 0 Å². The highest BCUT2D eigenvalue weighted by atomic mass is 35.5. The number of rotatable bonds is 2. The molecular weight excluding hydrogens is 158 g/mol. The minimum absolute atomic E-state index is 0. The van der Waals surface area contributed by atoms with Crippen LogP contribution >= 0.6 is 12.4 Å². The number of nitrogens with two attached hydrogens (primary N) is 1. The normalized spacial score (nSPS) is 40.6. The fraction of sp³-hybridized carbons (Fsp3) is 1.00. The zero-order valence-electron chi connectivity index (χ0n) is 6.96. The first kappa shape index (κ1) is 9.34. The molecule has 2 fully saturated rings. The van der Waals surface area contributed by atoms with E-state index in [2.05, 4.69) is 0 Å². The molecule has 2 rings (SSSR count). The summed E-state index contributed by atoms with van der Waals surface area (Å²) in [5.74, 6) is 3.19. The number of hydrogen-bond acceptors (Lipinski definition) is 1. The molecule has 0 spiro atoms. The lowest BCUT2D eigenvalue weighted by molar-refractivity contribution is 0.318. The quantitative estimate of drug-likeness (QED) is 0.684. The maximum Gasteiger partial charge on any atom is -0.00745 e. The Morgan fingerprint density at radius 2 is 2.00 bits per heavy atom. The van der Waals surface area contributed by atoms with Gasteiger partial charge in [0, 0.05) is 0 Å². The van der Waals surface area contributed by atoms with Gasteiger partial charge in [-0.05, 0) is 50.0 Å². The van der Waals surface area contributed by atoms with Gasteiger partial charge in [0.1, 0.15) is 0 Å². The lowest BCUT2D eigenvalue weighted by Crippen LogP contribution is -2.14. The molecule has 0 aromatic heterocycles. The van der Waals surface area contributed by atoms with Crippen molar-refractivity contribution < 1.29 is 0 Å². The Bertz CT molecular complexity index is 127. The van der Waals surface area contributed by atoms with Gasteiger partial charge >= 0.3 is 0 Å². The third-order valence-electron chi connectivity index (χ3n) is 3.42. The number of halogens is 1. The van der Waals surface area contributed by atoms with Crippen molar-refractivity contribution in [2.45, 2.75) is 32.1 Å². The fourth-order valence-corrected chi connectivity index (χ4v) is 2.94. The van der Waals surface area contributed by atoms with Gasteiger partial charge in [-0.15, -0.1) is 12.4 Å². The van der Waals surface area contributed by atoms with Crippen LogP contribution in [0, 0.1) is 17.8 Å². The molecule has 11 heavy (non-hydrogen) atoms. The van der Waals surface area contributed by atoms with E-state index >= 15 is 0 Å². The molecule has 0 saturated heterocycles. The molecule has 1 nitrogen and oxygen atoms in total. The Morgan fingerprint density at radius 3 is 2.45 bits per heavy atom. The Kier molecular flexibility index (Phi) is 3.20. The van der Waals surface area contributed by atoms with E-state index in [4.69, 9.17) is 5.73 Å². The minimum Gasteiger partial charge on any atom is -0.330 e. The highest BCUT2D eigenvalue weighted by Gasteiger charge is 2.38. The minimum atomic E-state index is 0. The molecule has 0 unspecified atom stereocenters. The molecule has 0 amide bonds. The second-order valence-corrected chi connectivity index (χ2v) is 4.01. The summed E-state index contributed by atoms with van der Waals surface area (Å²) in [7, 11) is 0. The Balaban J connectivity index is 0.000000605. The molecule has 0 heterocycles. The second-order valence-electron chi connectivity index (χ2n) is 4.01. The van der Waals surface area contributed by atoms with Gasteiger partial charge < -0.3 is 5.73 Å². The van der Waals surface area contributed by atoms with E-state index in [0.717, 1.165) is 24.3 Å². The largest absolute Gasteiger partial charge is 0.330 e. The highest BCUT2D eigenvalue weighted by molar-refractivity contribution is 5.85. The van der Waals surface area contributed by atoms with Crippen LogP contribution in [0.3, 0.4) is 0 Å². The molecule has 0 aliphatic heterocycles. The van der Waals surface area contributed by atoms with Crippen molar-refractivity contribution in [3.8, 4) is 0 Å². The fourth-order valence-electron chi connectivity index (χ4n) is 2.94. The number of fused-ring (bicyclic) bond motifs is 2. The van der Waals surface area contributed by atoms with Gasteiger partial charge in [0.25, 0.3) is 0 Å². The average Bonchev–Trinajstić information content (AvgIpc) is 2.48. The monoisotopic (exact) mass is 175 g/mol. The van der Waals surface area contributed by atoms with Crippen LogP contribution in [0.25, 0.3) is 0 Å². The summed E-state index contributed by atoms with van der Waals surface area (Å²) in [6.45, 7) is 0.911. The molecule has 0 aromatic carbocycles. The summed E-state index contributed by atoms with van der Waals surface area (Å²) < 4.78 is 0. The highest BCUT2D eigenvalue weighted by Crippen LogP contribution is 2.49. The molecule has 2 aliphatic rings. The van der Waals surface area contributed by atoms with Gasteiger partial charge in [-0.1, -0.05) is 6.42 Å². The third kappa shape index (κ3) is 1.70. The molecular formula is C9H18ClN. The van der Waals surface area contributed by atoms with Gasteiger partial charge in [0.05, 0.1) is 0 Å². The van der Waals surface area contributed by atoms with Gasteiger partial charge in [0.15, 0.2) is 0 Å². The van der Waals surface area contributed by atoms with Crippen LogP contribution in [0.5, 0.6) is 0 Å². The van der Waals surface area contributed by atoms with Crippen molar-refractivity contribution >= 4 is 12.4 Å². The zero-order chi connectivity index (χ0) is 6.97. The van der Waals surface area contributed by atoms with Crippen molar-refractivity contribution in [3.63, 3.8) is 0 Å². The van der Waals surface area contributed by atoms with E-state index in [1.165, 1.54) is 32.1 Å². The van der Waals surface area contributed by atoms with Crippen molar-refractivity contribution in [1.82, 2.24) is 0 Å². The molecule has 2 heteroatoms. The maximum atomic E-state index is 5.54. The van der Waals surface area contributed by atoms with E-state index in [0.29, 0.717) is 0 Å². The van der Waals surface area contributed by atoms with E-state index in [-0.39, 0.29) is 12.4 Å². The molecule has 2 saturated carbocycles. The first-order chi connectivity index (χ1) is 4.90. The topological polar surface area (TPSA) is 26.0 Å². The summed E-state index contributed by atoms with van der Waals surface area (Å²) in [5.41, 5.74) is 5.54. The van der Waals surface area contributed by atoms with E-state index < -0.39 is 0 Å². The summed E-state index contributed by atoms with van der Waals surface area (Å²) in [4.78, 5) is 0. The van der Waals surface area contributed by atoms with Crippen LogP contribution in [0.1, 0.15) is 32.1 Å². The van der Waals surface area contributed by atoms with Crippen molar-refractivity contribution in [1.29, 1.82) is 0 Å². The molecule has 3 atom stereocenters. The van der Waals surface area contributed by atoms with Crippen LogP contribution < -0.4 is 5.73 Å². The summed E-state index contributed by atoms with van der Waals surface area (Å²) in [5, 5.41) is 0. The van der Waals surface area contributed by atoms with Crippen LogP contribution in [-0.2, 0) is 0 Å². The molecule has 0 aromatic rings. The Morgan fingerprint density at radius 1 is 1.18 bits per heavy atom. The maximum absolute atomic E-state index is 5.54. The van der Waals surface area contributed by atoms with E-state index in [9.17, 15) is 0 Å². The Labute approximate surface area is 75.1 Å². The van der Waals surface area contributed by atoms with Gasteiger partial charge in [0.2, 0.25) is 0 Å². The van der Waals surface area contributed by atoms with Crippen LogP contribution in [0.15, 0.2) is 0 Å². The van der Waals surface area contributed by atoms with Gasteiger partial charge in [-0.3, -0.25) is 0 Å². The average molecular weight is 176 g/mol. The smallest absolute Gasteiger partial charge is 0.00745 e. The first-order valence-electron chi connectivity index (χ1n) is 4.60.